The summed E-state index contributed by atoms with van der Waals surface area (Å²) in [5.41, 5.74) is 7.52. The van der Waals surface area contributed by atoms with Crippen molar-refractivity contribution in [1.29, 1.82) is 0 Å². The molecule has 1 nitrogen and oxygen atoms in total. The Hall–Kier alpha value is -2.54. The molecule has 0 saturated heterocycles. The first kappa shape index (κ1) is 17.3. The summed E-state index contributed by atoms with van der Waals surface area (Å²) in [6.45, 7) is 8.78. The Balaban J connectivity index is 2.01. The Morgan fingerprint density at radius 1 is 0.600 bits per heavy atom. The van der Waals surface area contributed by atoms with Crippen molar-refractivity contribution in [2.45, 2.75) is 34.1 Å². The molecule has 0 aliphatic heterocycles. The monoisotopic (exact) mass is 329 g/mol. The van der Waals surface area contributed by atoms with Crippen molar-refractivity contribution >= 4 is 17.1 Å². The lowest BCUT2D eigenvalue weighted by molar-refractivity contribution is 0.647. The molecule has 0 spiro atoms. The second-order valence-electron chi connectivity index (χ2n) is 7.27. The molecule has 0 aliphatic rings. The lowest BCUT2D eigenvalue weighted by atomic mass is 10.0. The molecule has 0 radical (unpaired) electrons. The van der Waals surface area contributed by atoms with E-state index in [0.717, 1.165) is 6.42 Å². The van der Waals surface area contributed by atoms with Crippen molar-refractivity contribution < 1.29 is 0 Å². The Bertz CT molecular complexity index is 751. The molecule has 0 amide bonds. The maximum atomic E-state index is 2.32. The molecule has 0 aromatic heterocycles. The van der Waals surface area contributed by atoms with E-state index in [1.165, 1.54) is 33.8 Å². The van der Waals surface area contributed by atoms with E-state index in [-0.39, 0.29) is 0 Å². The van der Waals surface area contributed by atoms with Crippen LogP contribution in [0.4, 0.5) is 17.1 Å². The molecule has 0 aliphatic carbocycles. The second-order valence-corrected chi connectivity index (χ2v) is 7.27. The predicted octanol–water partition coefficient (Wildman–Crippen LogP) is 6.97. The average molecular weight is 329 g/mol. The topological polar surface area (TPSA) is 3.24 Å². The second kappa shape index (κ2) is 7.57. The third kappa shape index (κ3) is 4.30. The SMILES string of the molecule is Cc1ccc(N(c2ccc(C)cc2)c2ccc(CC(C)C)cc2)cc1. The number of hydrogen-bond acceptors (Lipinski definition) is 1. The molecular formula is C24H27N. The molecule has 25 heavy (non-hydrogen) atoms. The zero-order valence-electron chi connectivity index (χ0n) is 15.7. The number of rotatable bonds is 5. The van der Waals surface area contributed by atoms with Gasteiger partial charge in [-0.1, -0.05) is 61.4 Å². The van der Waals surface area contributed by atoms with Crippen molar-refractivity contribution in [3.8, 4) is 0 Å². The van der Waals surface area contributed by atoms with E-state index in [0.29, 0.717) is 5.92 Å². The number of anilines is 3. The van der Waals surface area contributed by atoms with Gasteiger partial charge in [0.2, 0.25) is 0 Å². The summed E-state index contributed by atoms with van der Waals surface area (Å²) >= 11 is 0. The lowest BCUT2D eigenvalue weighted by Gasteiger charge is -2.26. The molecular weight excluding hydrogens is 302 g/mol. The van der Waals surface area contributed by atoms with E-state index in [2.05, 4.69) is 105 Å². The van der Waals surface area contributed by atoms with Gasteiger partial charge in [0.1, 0.15) is 0 Å². The molecule has 0 N–H and O–H groups in total. The van der Waals surface area contributed by atoms with Crippen LogP contribution in [0.3, 0.4) is 0 Å². The minimum Gasteiger partial charge on any atom is -0.311 e. The fraction of sp³-hybridized carbons (Fsp3) is 0.250. The van der Waals surface area contributed by atoms with Gasteiger partial charge in [0.25, 0.3) is 0 Å². The molecule has 0 fully saturated rings. The van der Waals surface area contributed by atoms with Gasteiger partial charge in [0.05, 0.1) is 0 Å². The first-order chi connectivity index (χ1) is 12.0. The van der Waals surface area contributed by atoms with E-state index >= 15 is 0 Å². The van der Waals surface area contributed by atoms with E-state index < -0.39 is 0 Å². The zero-order valence-corrected chi connectivity index (χ0v) is 15.7. The number of hydrogen-bond donors (Lipinski definition) is 0. The Morgan fingerprint density at radius 3 is 1.32 bits per heavy atom. The van der Waals surface area contributed by atoms with E-state index in [1.54, 1.807) is 0 Å². The van der Waals surface area contributed by atoms with Gasteiger partial charge >= 0.3 is 0 Å². The van der Waals surface area contributed by atoms with Gasteiger partial charge in [-0.3, -0.25) is 0 Å². The fourth-order valence-electron chi connectivity index (χ4n) is 3.09. The largest absolute Gasteiger partial charge is 0.311 e. The van der Waals surface area contributed by atoms with Gasteiger partial charge in [-0.25, -0.2) is 0 Å². The van der Waals surface area contributed by atoms with Gasteiger partial charge in [0, 0.05) is 17.1 Å². The van der Waals surface area contributed by atoms with E-state index in [9.17, 15) is 0 Å². The van der Waals surface area contributed by atoms with Crippen molar-refractivity contribution in [3.63, 3.8) is 0 Å². The highest BCUT2D eigenvalue weighted by Gasteiger charge is 2.12. The normalized spacial score (nSPS) is 10.9. The average Bonchev–Trinajstić information content (AvgIpc) is 2.59. The van der Waals surface area contributed by atoms with Crippen molar-refractivity contribution in [1.82, 2.24) is 0 Å². The van der Waals surface area contributed by atoms with E-state index in [1.807, 2.05) is 0 Å². The summed E-state index contributed by atoms with van der Waals surface area (Å²) in [7, 11) is 0. The van der Waals surface area contributed by atoms with Crippen molar-refractivity contribution in [3.05, 3.63) is 89.5 Å². The number of benzene rings is 3. The number of nitrogens with zero attached hydrogens (tertiary/aromatic N) is 1. The summed E-state index contributed by atoms with van der Waals surface area (Å²) in [5, 5.41) is 0. The van der Waals surface area contributed by atoms with Crippen LogP contribution >= 0.6 is 0 Å². The van der Waals surface area contributed by atoms with Gasteiger partial charge < -0.3 is 4.90 Å². The molecule has 3 aromatic carbocycles. The van der Waals surface area contributed by atoms with Gasteiger partial charge in [0.15, 0.2) is 0 Å². The smallest absolute Gasteiger partial charge is 0.0461 e. The molecule has 128 valence electrons. The first-order valence-electron chi connectivity index (χ1n) is 9.05. The van der Waals surface area contributed by atoms with E-state index in [4.69, 9.17) is 0 Å². The summed E-state index contributed by atoms with van der Waals surface area (Å²) in [5.74, 6) is 0.677. The fourth-order valence-corrected chi connectivity index (χ4v) is 3.09. The van der Waals surface area contributed by atoms with Gasteiger partial charge in [-0.05, 0) is 68.1 Å². The van der Waals surface area contributed by atoms with Crippen LogP contribution in [-0.4, -0.2) is 0 Å². The van der Waals surface area contributed by atoms with Crippen LogP contribution in [0.2, 0.25) is 0 Å². The molecule has 3 rings (SSSR count). The van der Waals surface area contributed by atoms with Crippen LogP contribution in [0.25, 0.3) is 0 Å². The zero-order chi connectivity index (χ0) is 17.8. The maximum absolute atomic E-state index is 2.32. The third-order valence-corrected chi connectivity index (χ3v) is 4.42. The molecule has 1 heteroatoms. The Labute approximate surface area is 151 Å². The van der Waals surface area contributed by atoms with Crippen LogP contribution in [0.5, 0.6) is 0 Å². The molecule has 0 bridgehead atoms. The minimum atomic E-state index is 0.677. The highest BCUT2D eigenvalue weighted by molar-refractivity contribution is 5.76. The van der Waals surface area contributed by atoms with Crippen LogP contribution < -0.4 is 4.90 Å². The summed E-state index contributed by atoms with van der Waals surface area (Å²) in [4.78, 5) is 2.32. The third-order valence-electron chi connectivity index (χ3n) is 4.42. The molecule has 3 aromatic rings. The Kier molecular flexibility index (Phi) is 5.23. The quantitative estimate of drug-likeness (QED) is 0.488. The predicted molar refractivity (Wildman–Crippen MR) is 109 cm³/mol. The summed E-state index contributed by atoms with van der Waals surface area (Å²) in [6, 6.07) is 26.4. The Morgan fingerprint density at radius 2 is 0.960 bits per heavy atom. The standard InChI is InChI=1S/C24H27N/c1-18(2)17-21-9-15-24(16-10-21)25(22-11-5-19(3)6-12-22)23-13-7-20(4)8-14-23/h5-16,18H,17H2,1-4H3. The van der Waals surface area contributed by atoms with Crippen molar-refractivity contribution in [2.24, 2.45) is 5.92 Å². The highest BCUT2D eigenvalue weighted by atomic mass is 15.1. The van der Waals surface area contributed by atoms with Crippen molar-refractivity contribution in [2.75, 3.05) is 4.90 Å². The molecule has 0 unspecified atom stereocenters. The minimum absolute atomic E-state index is 0.677. The lowest BCUT2D eigenvalue weighted by Crippen LogP contribution is -2.10. The van der Waals surface area contributed by atoms with Crippen LogP contribution in [0.15, 0.2) is 72.8 Å². The number of aryl methyl sites for hydroxylation is 2. The van der Waals surface area contributed by atoms with Crippen LogP contribution in [-0.2, 0) is 6.42 Å². The van der Waals surface area contributed by atoms with Crippen LogP contribution in [0, 0.1) is 19.8 Å². The summed E-state index contributed by atoms with van der Waals surface area (Å²) < 4.78 is 0. The highest BCUT2D eigenvalue weighted by Crippen LogP contribution is 2.34. The first-order valence-corrected chi connectivity index (χ1v) is 9.05. The van der Waals surface area contributed by atoms with Crippen LogP contribution in [0.1, 0.15) is 30.5 Å². The molecule has 0 heterocycles. The molecule has 0 saturated carbocycles. The van der Waals surface area contributed by atoms with Gasteiger partial charge in [-0.15, -0.1) is 0 Å². The molecule has 0 atom stereocenters. The van der Waals surface area contributed by atoms with Gasteiger partial charge in [-0.2, -0.15) is 0 Å². The summed E-state index contributed by atoms with van der Waals surface area (Å²) in [6.07, 6.45) is 1.12. The maximum Gasteiger partial charge on any atom is 0.0461 e.